The van der Waals surface area contributed by atoms with Crippen LogP contribution in [0, 0.1) is 5.82 Å². The van der Waals surface area contributed by atoms with E-state index in [1.165, 1.54) is 17.0 Å². The van der Waals surface area contributed by atoms with Crippen LogP contribution in [0.3, 0.4) is 0 Å². The Kier molecular flexibility index (Phi) is 2.94. The van der Waals surface area contributed by atoms with Crippen molar-refractivity contribution in [1.82, 2.24) is 14.9 Å². The third-order valence-corrected chi connectivity index (χ3v) is 3.41. The second kappa shape index (κ2) is 4.62. The summed E-state index contributed by atoms with van der Waals surface area (Å²) in [6.45, 7) is 1.81. The van der Waals surface area contributed by atoms with Gasteiger partial charge in [0.2, 0.25) is 0 Å². The third kappa shape index (κ3) is 2.19. The minimum atomic E-state index is -0.469. The predicted octanol–water partition coefficient (Wildman–Crippen LogP) is 0.846. The van der Waals surface area contributed by atoms with Crippen molar-refractivity contribution in [3.8, 4) is 0 Å². The molecule has 1 aromatic heterocycles. The van der Waals surface area contributed by atoms with E-state index in [1.54, 1.807) is 13.1 Å². The summed E-state index contributed by atoms with van der Waals surface area (Å²) < 4.78 is 15.3. The molecule has 1 fully saturated rings. The standard InChI is InChI=1S/C13H15FN4O/c1-18-7-16-12-10(13(18)19)4-9(5-11(12)14)17-8-2-3-15-6-8/h4-5,7-8,15,17H,2-3,6H2,1H3. The molecule has 1 aliphatic heterocycles. The van der Waals surface area contributed by atoms with Crippen LogP contribution in [-0.2, 0) is 7.05 Å². The van der Waals surface area contributed by atoms with Crippen LogP contribution in [0.5, 0.6) is 0 Å². The van der Waals surface area contributed by atoms with Gasteiger partial charge in [-0.2, -0.15) is 0 Å². The lowest BCUT2D eigenvalue weighted by Gasteiger charge is -2.13. The van der Waals surface area contributed by atoms with E-state index in [1.807, 2.05) is 0 Å². The Balaban J connectivity index is 2.06. The molecule has 1 aliphatic rings. The van der Waals surface area contributed by atoms with Gasteiger partial charge in [0.15, 0.2) is 5.82 Å². The number of hydrogen-bond donors (Lipinski definition) is 2. The molecule has 0 spiro atoms. The van der Waals surface area contributed by atoms with Crippen molar-refractivity contribution in [1.29, 1.82) is 0 Å². The number of benzene rings is 1. The molecule has 1 saturated heterocycles. The van der Waals surface area contributed by atoms with Gasteiger partial charge in [0.05, 0.1) is 11.7 Å². The average Bonchev–Trinajstić information content (AvgIpc) is 2.87. The predicted molar refractivity (Wildman–Crippen MR) is 71.8 cm³/mol. The minimum Gasteiger partial charge on any atom is -0.381 e. The maximum absolute atomic E-state index is 14.0. The zero-order valence-electron chi connectivity index (χ0n) is 10.6. The Bertz CT molecular complexity index is 676. The highest BCUT2D eigenvalue weighted by Crippen LogP contribution is 2.20. The van der Waals surface area contributed by atoms with Crippen molar-refractivity contribution in [3.05, 3.63) is 34.6 Å². The quantitative estimate of drug-likeness (QED) is 0.842. The Hall–Kier alpha value is -1.95. The number of aromatic nitrogens is 2. The smallest absolute Gasteiger partial charge is 0.261 e. The van der Waals surface area contributed by atoms with Crippen LogP contribution in [0.1, 0.15) is 6.42 Å². The van der Waals surface area contributed by atoms with E-state index in [9.17, 15) is 9.18 Å². The summed E-state index contributed by atoms with van der Waals surface area (Å²) in [6.07, 6.45) is 2.33. The van der Waals surface area contributed by atoms with Gasteiger partial charge in [0, 0.05) is 25.3 Å². The Morgan fingerprint density at radius 1 is 1.53 bits per heavy atom. The second-order valence-electron chi connectivity index (χ2n) is 4.85. The fraction of sp³-hybridized carbons (Fsp3) is 0.385. The molecule has 0 radical (unpaired) electrons. The van der Waals surface area contributed by atoms with E-state index in [2.05, 4.69) is 15.6 Å². The Morgan fingerprint density at radius 3 is 3.11 bits per heavy atom. The summed E-state index contributed by atoms with van der Waals surface area (Å²) in [5.74, 6) is -0.469. The first-order chi connectivity index (χ1) is 9.15. The van der Waals surface area contributed by atoms with Crippen LogP contribution < -0.4 is 16.2 Å². The fourth-order valence-electron chi connectivity index (χ4n) is 2.38. The molecule has 3 rings (SSSR count). The SMILES string of the molecule is Cn1cnc2c(F)cc(NC3CCNC3)cc2c1=O. The Morgan fingerprint density at radius 2 is 2.37 bits per heavy atom. The first kappa shape index (κ1) is 12.1. The molecule has 2 N–H and O–H groups in total. The topological polar surface area (TPSA) is 59.0 Å². The number of nitrogens with one attached hydrogen (secondary N) is 2. The van der Waals surface area contributed by atoms with Crippen molar-refractivity contribution in [2.45, 2.75) is 12.5 Å². The molecule has 0 amide bonds. The van der Waals surface area contributed by atoms with E-state index in [0.717, 1.165) is 19.5 Å². The maximum Gasteiger partial charge on any atom is 0.261 e. The van der Waals surface area contributed by atoms with Gasteiger partial charge in [-0.05, 0) is 25.1 Å². The summed E-state index contributed by atoms with van der Waals surface area (Å²) in [5, 5.41) is 6.78. The van der Waals surface area contributed by atoms with E-state index in [0.29, 0.717) is 11.1 Å². The largest absolute Gasteiger partial charge is 0.381 e. The number of halogens is 1. The third-order valence-electron chi connectivity index (χ3n) is 3.41. The highest BCUT2D eigenvalue weighted by atomic mass is 19.1. The summed E-state index contributed by atoms with van der Waals surface area (Å²) in [6, 6.07) is 3.34. The summed E-state index contributed by atoms with van der Waals surface area (Å²) in [4.78, 5) is 15.9. The molecule has 1 aromatic carbocycles. The Labute approximate surface area is 109 Å². The number of nitrogens with zero attached hydrogens (tertiary/aromatic N) is 2. The number of fused-ring (bicyclic) bond motifs is 1. The number of hydrogen-bond acceptors (Lipinski definition) is 4. The molecule has 0 bridgehead atoms. The summed E-state index contributed by atoms with van der Waals surface area (Å²) >= 11 is 0. The first-order valence-electron chi connectivity index (χ1n) is 6.27. The number of anilines is 1. The van der Waals surface area contributed by atoms with Crippen LogP contribution in [0.25, 0.3) is 10.9 Å². The van der Waals surface area contributed by atoms with Gasteiger partial charge in [0.25, 0.3) is 5.56 Å². The van der Waals surface area contributed by atoms with E-state index >= 15 is 0 Å². The lowest BCUT2D eigenvalue weighted by Crippen LogP contribution is -2.23. The molecule has 19 heavy (non-hydrogen) atoms. The zero-order valence-corrected chi connectivity index (χ0v) is 10.6. The van der Waals surface area contributed by atoms with Gasteiger partial charge in [-0.1, -0.05) is 0 Å². The number of rotatable bonds is 2. The van der Waals surface area contributed by atoms with E-state index in [4.69, 9.17) is 0 Å². The molecule has 6 heteroatoms. The molecule has 0 saturated carbocycles. The normalized spacial score (nSPS) is 18.9. The fourth-order valence-corrected chi connectivity index (χ4v) is 2.38. The van der Waals surface area contributed by atoms with Crippen molar-refractivity contribution in [2.75, 3.05) is 18.4 Å². The molecule has 0 aliphatic carbocycles. The molecular formula is C13H15FN4O. The van der Waals surface area contributed by atoms with Gasteiger partial charge >= 0.3 is 0 Å². The first-order valence-corrected chi connectivity index (χ1v) is 6.27. The maximum atomic E-state index is 14.0. The van der Waals surface area contributed by atoms with Crippen LogP contribution in [-0.4, -0.2) is 28.7 Å². The monoisotopic (exact) mass is 262 g/mol. The van der Waals surface area contributed by atoms with Gasteiger partial charge < -0.3 is 15.2 Å². The van der Waals surface area contributed by atoms with Crippen LogP contribution in [0.15, 0.2) is 23.3 Å². The highest BCUT2D eigenvalue weighted by Gasteiger charge is 2.15. The summed E-state index contributed by atoms with van der Waals surface area (Å²) in [5.41, 5.74) is 0.513. The lowest BCUT2D eigenvalue weighted by molar-refractivity contribution is 0.635. The minimum absolute atomic E-state index is 0.123. The lowest BCUT2D eigenvalue weighted by atomic mass is 10.2. The van der Waals surface area contributed by atoms with Crippen molar-refractivity contribution < 1.29 is 4.39 Å². The highest BCUT2D eigenvalue weighted by molar-refractivity contribution is 5.82. The van der Waals surface area contributed by atoms with Crippen LogP contribution >= 0.6 is 0 Å². The average molecular weight is 262 g/mol. The second-order valence-corrected chi connectivity index (χ2v) is 4.85. The van der Waals surface area contributed by atoms with Crippen LogP contribution in [0.2, 0.25) is 0 Å². The van der Waals surface area contributed by atoms with Gasteiger partial charge in [-0.3, -0.25) is 4.79 Å². The molecule has 2 heterocycles. The van der Waals surface area contributed by atoms with Gasteiger partial charge in [-0.25, -0.2) is 9.37 Å². The molecule has 1 unspecified atom stereocenters. The van der Waals surface area contributed by atoms with Crippen molar-refractivity contribution >= 4 is 16.6 Å². The molecule has 100 valence electrons. The van der Waals surface area contributed by atoms with E-state index in [-0.39, 0.29) is 17.1 Å². The van der Waals surface area contributed by atoms with E-state index < -0.39 is 5.82 Å². The molecule has 5 nitrogen and oxygen atoms in total. The molecule has 1 atom stereocenters. The van der Waals surface area contributed by atoms with Gasteiger partial charge in [0.1, 0.15) is 5.52 Å². The molecular weight excluding hydrogens is 247 g/mol. The molecule has 2 aromatic rings. The number of aryl methyl sites for hydroxylation is 1. The van der Waals surface area contributed by atoms with Crippen molar-refractivity contribution in [3.63, 3.8) is 0 Å². The van der Waals surface area contributed by atoms with Crippen molar-refractivity contribution in [2.24, 2.45) is 7.05 Å². The van der Waals surface area contributed by atoms with Crippen LogP contribution in [0.4, 0.5) is 10.1 Å². The van der Waals surface area contributed by atoms with Gasteiger partial charge in [-0.15, -0.1) is 0 Å². The zero-order chi connectivity index (χ0) is 13.4. The summed E-state index contributed by atoms with van der Waals surface area (Å²) in [7, 11) is 1.60.